The molecule has 0 saturated heterocycles. The van der Waals surface area contributed by atoms with E-state index in [9.17, 15) is 9.59 Å². The molecule has 5 heteroatoms. The van der Waals surface area contributed by atoms with E-state index in [1.165, 1.54) is 14.2 Å². The third kappa shape index (κ3) is 2.64. The molecule has 1 aliphatic heterocycles. The molecule has 0 saturated carbocycles. The molecule has 0 atom stereocenters. The van der Waals surface area contributed by atoms with Crippen molar-refractivity contribution in [1.29, 1.82) is 0 Å². The van der Waals surface area contributed by atoms with E-state index >= 15 is 0 Å². The minimum atomic E-state index is -0.574. The maximum Gasteiger partial charge on any atom is 0.339 e. The molecule has 27 heavy (non-hydrogen) atoms. The Morgan fingerprint density at radius 1 is 0.852 bits per heavy atom. The van der Waals surface area contributed by atoms with Gasteiger partial charge in [0.05, 0.1) is 31.0 Å². The smallest absolute Gasteiger partial charge is 0.339 e. The van der Waals surface area contributed by atoms with Crippen LogP contribution >= 0.6 is 0 Å². The quantitative estimate of drug-likeness (QED) is 0.512. The van der Waals surface area contributed by atoms with Crippen LogP contribution in [-0.4, -0.2) is 30.6 Å². The number of aromatic nitrogens is 1. The third-order valence-electron chi connectivity index (χ3n) is 4.65. The Morgan fingerprint density at radius 2 is 1.56 bits per heavy atom. The van der Waals surface area contributed by atoms with Crippen LogP contribution in [0.3, 0.4) is 0 Å². The Labute approximate surface area is 156 Å². The van der Waals surface area contributed by atoms with E-state index in [0.29, 0.717) is 5.56 Å². The van der Waals surface area contributed by atoms with Gasteiger partial charge in [-0.1, -0.05) is 36.4 Å². The maximum absolute atomic E-state index is 12.6. The van der Waals surface area contributed by atoms with Gasteiger partial charge in [0.25, 0.3) is 0 Å². The molecule has 0 unspecified atom stereocenters. The summed E-state index contributed by atoms with van der Waals surface area (Å²) >= 11 is 0. The number of hydrogen-bond donors (Lipinski definition) is 0. The zero-order chi connectivity index (χ0) is 19.0. The first-order chi connectivity index (χ1) is 13.2. The van der Waals surface area contributed by atoms with Gasteiger partial charge in [-0.25, -0.2) is 9.59 Å². The van der Waals surface area contributed by atoms with Gasteiger partial charge in [0.15, 0.2) is 0 Å². The molecule has 2 aliphatic rings. The van der Waals surface area contributed by atoms with E-state index in [0.717, 1.165) is 22.3 Å². The summed E-state index contributed by atoms with van der Waals surface area (Å²) in [4.78, 5) is 25.0. The van der Waals surface area contributed by atoms with Crippen LogP contribution in [0.1, 0.15) is 20.7 Å². The van der Waals surface area contributed by atoms with Crippen LogP contribution in [0.2, 0.25) is 0 Å². The van der Waals surface area contributed by atoms with Crippen molar-refractivity contribution in [3.8, 4) is 22.4 Å². The van der Waals surface area contributed by atoms with Gasteiger partial charge in [-0.2, -0.15) is 0 Å². The largest absolute Gasteiger partial charge is 0.465 e. The Bertz CT molecular complexity index is 1130. The van der Waals surface area contributed by atoms with Crippen molar-refractivity contribution in [3.63, 3.8) is 0 Å². The Morgan fingerprint density at radius 3 is 2.26 bits per heavy atom. The number of nitrogens with zero attached hydrogens (tertiary/aromatic N) is 1. The van der Waals surface area contributed by atoms with E-state index < -0.39 is 11.9 Å². The molecule has 0 amide bonds. The van der Waals surface area contributed by atoms with Gasteiger partial charge in [0.2, 0.25) is 0 Å². The zero-order valence-electron chi connectivity index (χ0n) is 14.9. The number of esters is 2. The highest BCUT2D eigenvalue weighted by Crippen LogP contribution is 2.41. The lowest BCUT2D eigenvalue weighted by atomic mass is 9.95. The second-order valence-electron chi connectivity index (χ2n) is 6.10. The number of methoxy groups -OCH3 is 2. The highest BCUT2D eigenvalue weighted by atomic mass is 16.5. The summed E-state index contributed by atoms with van der Waals surface area (Å²) in [5, 5.41) is 0. The fourth-order valence-corrected chi connectivity index (χ4v) is 3.45. The number of rotatable bonds is 3. The number of pyridine rings is 2. The van der Waals surface area contributed by atoms with Gasteiger partial charge in [0, 0.05) is 17.3 Å². The summed E-state index contributed by atoms with van der Waals surface area (Å²) in [6.07, 6.45) is 1.90. The summed E-state index contributed by atoms with van der Waals surface area (Å²) in [5.41, 5.74) is 4.57. The minimum absolute atomic E-state index is 0.195. The first kappa shape index (κ1) is 16.8. The molecular formula is C22H17NO4. The van der Waals surface area contributed by atoms with Crippen LogP contribution in [0.25, 0.3) is 27.9 Å². The minimum Gasteiger partial charge on any atom is -0.465 e. The Balaban J connectivity index is 2.19. The number of fused-ring (bicyclic) bond motifs is 3. The summed E-state index contributed by atoms with van der Waals surface area (Å²) in [7, 11) is 2.60. The molecule has 0 N–H and O–H groups in total. The monoisotopic (exact) mass is 359 g/mol. The van der Waals surface area contributed by atoms with Gasteiger partial charge in [0.1, 0.15) is 0 Å². The van der Waals surface area contributed by atoms with Crippen molar-refractivity contribution in [1.82, 2.24) is 4.40 Å². The highest BCUT2D eigenvalue weighted by molar-refractivity contribution is 6.13. The molecule has 0 fully saturated rings. The molecule has 0 radical (unpaired) electrons. The van der Waals surface area contributed by atoms with Crippen LogP contribution in [-0.2, 0) is 9.47 Å². The van der Waals surface area contributed by atoms with Gasteiger partial charge >= 0.3 is 11.9 Å². The van der Waals surface area contributed by atoms with Gasteiger partial charge in [-0.15, -0.1) is 0 Å². The van der Waals surface area contributed by atoms with E-state index in [2.05, 4.69) is 0 Å². The predicted octanol–water partition coefficient (Wildman–Crippen LogP) is 4.28. The molecule has 0 spiro atoms. The standard InChI is InChI=1S/C22H17NO4/c1-26-21(24)17-13-18-19(20(17)22(25)27-2)16(14-8-4-3-5-9-14)12-15-10-6-7-11-23(15)18/h3-13H,1-2H3. The van der Waals surface area contributed by atoms with Crippen LogP contribution in [0.15, 0.2) is 66.9 Å². The molecule has 134 valence electrons. The average Bonchev–Trinajstić information content (AvgIpc) is 3.13. The van der Waals surface area contributed by atoms with Crippen molar-refractivity contribution in [2.45, 2.75) is 0 Å². The number of carbonyl (C=O) groups is 2. The SMILES string of the molecule is COC(=O)c1cc2n3ccccc3cc(-c3ccccc3)c-2c1C(=O)OC. The summed E-state index contributed by atoms with van der Waals surface area (Å²) in [6, 6.07) is 19.3. The molecule has 4 rings (SSSR count). The normalized spacial score (nSPS) is 10.9. The van der Waals surface area contributed by atoms with E-state index in [4.69, 9.17) is 9.47 Å². The van der Waals surface area contributed by atoms with Gasteiger partial charge in [-0.3, -0.25) is 0 Å². The van der Waals surface area contributed by atoms with Crippen molar-refractivity contribution in [3.05, 3.63) is 78.0 Å². The number of benzene rings is 1. The van der Waals surface area contributed by atoms with Gasteiger partial charge < -0.3 is 13.9 Å². The highest BCUT2D eigenvalue weighted by Gasteiger charge is 2.31. The van der Waals surface area contributed by atoms with Gasteiger partial charge in [-0.05, 0) is 35.4 Å². The molecule has 1 aromatic heterocycles. The van der Waals surface area contributed by atoms with Crippen LogP contribution < -0.4 is 0 Å². The fourth-order valence-electron chi connectivity index (χ4n) is 3.45. The van der Waals surface area contributed by atoms with Crippen LogP contribution in [0.5, 0.6) is 0 Å². The van der Waals surface area contributed by atoms with E-state index in [1.54, 1.807) is 6.07 Å². The first-order valence-corrected chi connectivity index (χ1v) is 8.44. The molecule has 2 aromatic rings. The molecule has 2 heterocycles. The second-order valence-corrected chi connectivity index (χ2v) is 6.10. The lowest BCUT2D eigenvalue weighted by Gasteiger charge is -2.16. The lowest BCUT2D eigenvalue weighted by molar-refractivity contribution is 0.0557. The molecule has 1 aliphatic carbocycles. The molecule has 5 nitrogen and oxygen atoms in total. The third-order valence-corrected chi connectivity index (χ3v) is 4.65. The molecular weight excluding hydrogens is 342 g/mol. The van der Waals surface area contributed by atoms with Crippen molar-refractivity contribution >= 4 is 17.5 Å². The fraction of sp³-hybridized carbons (Fsp3) is 0.0909. The van der Waals surface area contributed by atoms with Crippen LogP contribution in [0.4, 0.5) is 0 Å². The van der Waals surface area contributed by atoms with Crippen molar-refractivity contribution in [2.75, 3.05) is 14.2 Å². The van der Waals surface area contributed by atoms with Crippen LogP contribution in [0, 0.1) is 0 Å². The first-order valence-electron chi connectivity index (χ1n) is 8.44. The Kier molecular flexibility index (Phi) is 4.12. The number of hydrogen-bond acceptors (Lipinski definition) is 4. The predicted molar refractivity (Wildman–Crippen MR) is 102 cm³/mol. The zero-order valence-corrected chi connectivity index (χ0v) is 14.9. The topological polar surface area (TPSA) is 57.0 Å². The number of carbonyl (C=O) groups excluding carboxylic acids is 2. The number of ether oxygens (including phenoxy) is 2. The summed E-state index contributed by atoms with van der Waals surface area (Å²) < 4.78 is 11.8. The van der Waals surface area contributed by atoms with E-state index in [1.807, 2.05) is 65.2 Å². The second kappa shape index (κ2) is 6.61. The van der Waals surface area contributed by atoms with E-state index in [-0.39, 0.29) is 11.1 Å². The molecule has 1 aromatic carbocycles. The lowest BCUT2D eigenvalue weighted by Crippen LogP contribution is -2.10. The maximum atomic E-state index is 12.6. The average molecular weight is 359 g/mol. The summed E-state index contributed by atoms with van der Waals surface area (Å²) in [5.74, 6) is -1.14. The van der Waals surface area contributed by atoms with Crippen molar-refractivity contribution < 1.29 is 19.1 Å². The summed E-state index contributed by atoms with van der Waals surface area (Å²) in [6.45, 7) is 0. The Hall–Kier alpha value is -3.60. The molecule has 0 bridgehead atoms. The van der Waals surface area contributed by atoms with Crippen molar-refractivity contribution in [2.24, 2.45) is 0 Å².